The minimum Gasteiger partial charge on any atom is -0.310 e. The van der Waals surface area contributed by atoms with Crippen molar-refractivity contribution in [2.24, 2.45) is 0 Å². The molecule has 2 nitrogen and oxygen atoms in total. The van der Waals surface area contributed by atoms with Gasteiger partial charge in [-0.1, -0.05) is 200 Å². The predicted octanol–water partition coefficient (Wildman–Crippen LogP) is 16.1. The molecule has 0 amide bonds. The van der Waals surface area contributed by atoms with Gasteiger partial charge in [-0.15, -0.1) is 0 Å². The van der Waals surface area contributed by atoms with Gasteiger partial charge < -0.3 is 9.47 Å². The molecule has 0 radical (unpaired) electrons. The molecule has 1 aromatic heterocycles. The number of para-hydroxylation sites is 2. The number of aromatic nitrogens is 1. The van der Waals surface area contributed by atoms with E-state index >= 15 is 0 Å². The highest BCUT2D eigenvalue weighted by Gasteiger charge is 2.23. The van der Waals surface area contributed by atoms with E-state index in [4.69, 9.17) is 0 Å². The van der Waals surface area contributed by atoms with Crippen molar-refractivity contribution in [1.82, 2.24) is 4.57 Å². The zero-order chi connectivity index (χ0) is 39.8. The lowest BCUT2D eigenvalue weighted by atomic mass is 9.92. The van der Waals surface area contributed by atoms with Gasteiger partial charge in [0.1, 0.15) is 0 Å². The maximum Gasteiger partial charge on any atom is 0.0562 e. The van der Waals surface area contributed by atoms with E-state index in [0.717, 1.165) is 39.4 Å². The molecule has 0 aliphatic rings. The lowest BCUT2D eigenvalue weighted by Crippen LogP contribution is -2.11. The van der Waals surface area contributed by atoms with Crippen molar-refractivity contribution in [2.45, 2.75) is 0 Å². The van der Waals surface area contributed by atoms with Gasteiger partial charge in [0.05, 0.1) is 22.4 Å². The van der Waals surface area contributed by atoms with Gasteiger partial charge in [-0.25, -0.2) is 0 Å². The van der Waals surface area contributed by atoms with Crippen molar-refractivity contribution in [3.05, 3.63) is 243 Å². The lowest BCUT2D eigenvalue weighted by Gasteiger charge is -2.29. The molecule has 0 saturated carbocycles. The second-order valence-corrected chi connectivity index (χ2v) is 15.3. The van der Waals surface area contributed by atoms with E-state index in [-0.39, 0.29) is 0 Å². The highest BCUT2D eigenvalue weighted by Crippen LogP contribution is 2.47. The quantitative estimate of drug-likeness (QED) is 0.150. The molecule has 0 fully saturated rings. The van der Waals surface area contributed by atoms with Crippen LogP contribution in [-0.4, -0.2) is 4.57 Å². The van der Waals surface area contributed by atoms with Gasteiger partial charge in [-0.05, 0) is 86.6 Å². The number of hydrogen-bond acceptors (Lipinski definition) is 1. The lowest BCUT2D eigenvalue weighted by molar-refractivity contribution is 1.18. The maximum absolute atomic E-state index is 2.48. The number of hydrogen-bond donors (Lipinski definition) is 0. The van der Waals surface area contributed by atoms with Gasteiger partial charge in [0.15, 0.2) is 0 Å². The first-order chi connectivity index (χ1) is 29.8. The van der Waals surface area contributed by atoms with Crippen LogP contribution in [0.3, 0.4) is 0 Å². The van der Waals surface area contributed by atoms with Gasteiger partial charge >= 0.3 is 0 Å². The summed E-state index contributed by atoms with van der Waals surface area (Å²) in [5.74, 6) is 0. The highest BCUT2D eigenvalue weighted by atomic mass is 15.1. The Morgan fingerprint density at radius 2 is 0.883 bits per heavy atom. The van der Waals surface area contributed by atoms with Crippen LogP contribution < -0.4 is 4.90 Å². The van der Waals surface area contributed by atoms with Crippen LogP contribution in [0.4, 0.5) is 17.1 Å². The highest BCUT2D eigenvalue weighted by molar-refractivity contribution is 6.12. The van der Waals surface area contributed by atoms with Crippen LogP contribution in [0.5, 0.6) is 0 Å². The van der Waals surface area contributed by atoms with E-state index < -0.39 is 0 Å². The fourth-order valence-electron chi connectivity index (χ4n) is 9.07. The van der Waals surface area contributed by atoms with Crippen LogP contribution in [0.1, 0.15) is 0 Å². The molecule has 0 aliphatic heterocycles. The largest absolute Gasteiger partial charge is 0.310 e. The molecule has 0 N–H and O–H groups in total. The molecule has 0 spiro atoms. The summed E-state index contributed by atoms with van der Waals surface area (Å²) in [5, 5.41) is 4.87. The standard InChI is InChI=1S/C58H40N2/c1-5-19-41(20-6-1)45-35-37-52(50-32-17-26-42-23-13-14-29-48(42)50)56(39-45)59(46-27-11-4-12-28-46)47-36-38-53-51-30-15-16-33-54(51)60(57(53)40-47)55-34-18-31-49(43-21-7-2-8-22-43)58(55)44-24-9-3-10-25-44/h1-40H. The minimum absolute atomic E-state index is 1.07. The zero-order valence-corrected chi connectivity index (χ0v) is 33.0. The fraction of sp³-hybridized carbons (Fsp3) is 0. The Hall–Kier alpha value is -7.94. The van der Waals surface area contributed by atoms with E-state index in [1.807, 2.05) is 0 Å². The van der Waals surface area contributed by atoms with E-state index in [9.17, 15) is 0 Å². The van der Waals surface area contributed by atoms with Crippen molar-refractivity contribution in [3.8, 4) is 50.2 Å². The number of benzene rings is 10. The average Bonchev–Trinajstić information content (AvgIpc) is 3.66. The van der Waals surface area contributed by atoms with Crippen LogP contribution in [0.2, 0.25) is 0 Å². The van der Waals surface area contributed by atoms with Gasteiger partial charge in [0.2, 0.25) is 0 Å². The molecule has 11 rings (SSSR count). The number of anilines is 3. The summed E-state index contributed by atoms with van der Waals surface area (Å²) in [7, 11) is 0. The molecule has 0 bridgehead atoms. The van der Waals surface area contributed by atoms with Crippen LogP contribution in [0.25, 0.3) is 82.8 Å². The second kappa shape index (κ2) is 15.1. The summed E-state index contributed by atoms with van der Waals surface area (Å²) < 4.78 is 2.48. The van der Waals surface area contributed by atoms with Gasteiger partial charge in [-0.3, -0.25) is 0 Å². The summed E-state index contributed by atoms with van der Waals surface area (Å²) in [6.07, 6.45) is 0. The second-order valence-electron chi connectivity index (χ2n) is 15.3. The summed E-state index contributed by atoms with van der Waals surface area (Å²) in [4.78, 5) is 2.45. The Bertz CT molecular complexity index is 3290. The Morgan fingerprint density at radius 1 is 0.300 bits per heavy atom. The number of nitrogens with zero attached hydrogens (tertiary/aromatic N) is 2. The molecule has 0 aliphatic carbocycles. The Balaban J connectivity index is 1.21. The molecule has 0 atom stereocenters. The molecule has 282 valence electrons. The van der Waals surface area contributed by atoms with Crippen LogP contribution >= 0.6 is 0 Å². The average molecular weight is 765 g/mol. The first kappa shape index (κ1) is 35.2. The molecule has 1 heterocycles. The monoisotopic (exact) mass is 764 g/mol. The van der Waals surface area contributed by atoms with E-state index in [0.29, 0.717) is 0 Å². The van der Waals surface area contributed by atoms with Crippen LogP contribution in [-0.2, 0) is 0 Å². The van der Waals surface area contributed by atoms with Gasteiger partial charge in [0.25, 0.3) is 0 Å². The van der Waals surface area contributed by atoms with Crippen molar-refractivity contribution >= 4 is 49.6 Å². The normalized spacial score (nSPS) is 11.3. The predicted molar refractivity (Wildman–Crippen MR) is 255 cm³/mol. The number of rotatable bonds is 8. The Kier molecular flexibility index (Phi) is 8.87. The molecule has 2 heteroatoms. The van der Waals surface area contributed by atoms with E-state index in [1.54, 1.807) is 0 Å². The third-order valence-electron chi connectivity index (χ3n) is 11.8. The van der Waals surface area contributed by atoms with Crippen molar-refractivity contribution in [2.75, 3.05) is 4.90 Å². The third kappa shape index (κ3) is 6.14. The first-order valence-corrected chi connectivity index (χ1v) is 20.6. The van der Waals surface area contributed by atoms with Crippen molar-refractivity contribution in [3.63, 3.8) is 0 Å². The smallest absolute Gasteiger partial charge is 0.0562 e. The molecule has 0 saturated heterocycles. The topological polar surface area (TPSA) is 8.17 Å². The molecular weight excluding hydrogens is 725 g/mol. The molecule has 0 unspecified atom stereocenters. The summed E-state index contributed by atoms with van der Waals surface area (Å²) in [5.41, 5.74) is 16.2. The van der Waals surface area contributed by atoms with Gasteiger partial charge in [0, 0.05) is 33.3 Å². The minimum atomic E-state index is 1.07. The molecule has 11 aromatic rings. The Labute approximate surface area is 350 Å². The molecular formula is C58H40N2. The summed E-state index contributed by atoms with van der Waals surface area (Å²) in [6.45, 7) is 0. The Morgan fingerprint density at radius 3 is 1.65 bits per heavy atom. The van der Waals surface area contributed by atoms with Crippen molar-refractivity contribution < 1.29 is 0 Å². The van der Waals surface area contributed by atoms with Crippen molar-refractivity contribution in [1.29, 1.82) is 0 Å². The van der Waals surface area contributed by atoms with Crippen LogP contribution in [0.15, 0.2) is 243 Å². The molecule has 10 aromatic carbocycles. The SMILES string of the molecule is c1ccc(-c2ccc(-c3cccc4ccccc34)c(N(c3ccccc3)c3ccc4c5ccccc5n(-c5cccc(-c6ccccc6)c5-c5ccccc5)c4c3)c2)cc1. The molecule has 60 heavy (non-hydrogen) atoms. The summed E-state index contributed by atoms with van der Waals surface area (Å²) >= 11 is 0. The van der Waals surface area contributed by atoms with E-state index in [2.05, 4.69) is 252 Å². The third-order valence-corrected chi connectivity index (χ3v) is 11.8. The van der Waals surface area contributed by atoms with Crippen LogP contribution in [0, 0.1) is 0 Å². The number of fused-ring (bicyclic) bond motifs is 4. The summed E-state index contributed by atoms with van der Waals surface area (Å²) in [6, 6.07) is 88.0. The fourth-order valence-corrected chi connectivity index (χ4v) is 9.07. The maximum atomic E-state index is 2.48. The first-order valence-electron chi connectivity index (χ1n) is 20.6. The van der Waals surface area contributed by atoms with Gasteiger partial charge in [-0.2, -0.15) is 0 Å². The zero-order valence-electron chi connectivity index (χ0n) is 33.0. The van der Waals surface area contributed by atoms with E-state index in [1.165, 1.54) is 60.4 Å².